The molecule has 0 fully saturated rings. The molecule has 0 spiro atoms. The lowest BCUT2D eigenvalue weighted by atomic mass is 10.1. The first kappa shape index (κ1) is 14.1. The monoisotopic (exact) mass is 259 g/mol. The molecule has 104 valence electrons. The molecule has 2 rings (SSSR count). The van der Waals surface area contributed by atoms with Crippen LogP contribution in [0.25, 0.3) is 11.0 Å². The Bertz CT molecular complexity index is 515. The summed E-state index contributed by atoms with van der Waals surface area (Å²) in [5, 5.41) is 4.82. The summed E-state index contributed by atoms with van der Waals surface area (Å²) in [7, 11) is 0. The van der Waals surface area contributed by atoms with E-state index in [2.05, 4.69) is 50.4 Å². The smallest absolute Gasteiger partial charge is 0.134 e. The minimum Gasteiger partial charge on any atom is -0.461 e. The van der Waals surface area contributed by atoms with Crippen LogP contribution in [-0.2, 0) is 6.42 Å². The van der Waals surface area contributed by atoms with Crippen LogP contribution in [0.5, 0.6) is 0 Å². The van der Waals surface area contributed by atoms with Crippen LogP contribution in [0, 0.1) is 6.92 Å². The molecule has 0 aliphatic rings. The Balaban J connectivity index is 1.97. The maximum Gasteiger partial charge on any atom is 0.134 e. The molecule has 0 radical (unpaired) electrons. The Kier molecular flexibility index (Phi) is 5.03. The van der Waals surface area contributed by atoms with Crippen molar-refractivity contribution in [1.29, 1.82) is 0 Å². The standard InChI is InChI=1S/C17H25NO/c1-4-10-18-15(5-2)7-8-16-12-14-11-13(3)6-9-17(14)19-16/h6,9,11-12,15,18H,4-5,7-8,10H2,1-3H3. The van der Waals surface area contributed by atoms with E-state index in [0.717, 1.165) is 30.7 Å². The normalized spacial score (nSPS) is 13.0. The largest absolute Gasteiger partial charge is 0.461 e. The van der Waals surface area contributed by atoms with Crippen molar-refractivity contribution in [2.45, 2.75) is 52.5 Å². The molecule has 0 bridgehead atoms. The molecule has 2 aromatic rings. The summed E-state index contributed by atoms with van der Waals surface area (Å²) in [4.78, 5) is 0. The van der Waals surface area contributed by atoms with Gasteiger partial charge in [0.15, 0.2) is 0 Å². The summed E-state index contributed by atoms with van der Waals surface area (Å²) < 4.78 is 5.89. The summed E-state index contributed by atoms with van der Waals surface area (Å²) in [6.45, 7) is 7.68. The van der Waals surface area contributed by atoms with Gasteiger partial charge in [0.2, 0.25) is 0 Å². The second-order valence-electron chi connectivity index (χ2n) is 5.35. The molecule has 0 saturated carbocycles. The minimum atomic E-state index is 0.606. The SMILES string of the molecule is CCCNC(CC)CCc1cc2cc(C)ccc2o1. The van der Waals surface area contributed by atoms with E-state index in [4.69, 9.17) is 4.42 Å². The van der Waals surface area contributed by atoms with Crippen LogP contribution in [0.3, 0.4) is 0 Å². The lowest BCUT2D eigenvalue weighted by Gasteiger charge is -2.15. The lowest BCUT2D eigenvalue weighted by molar-refractivity contribution is 0.444. The maximum absolute atomic E-state index is 5.89. The van der Waals surface area contributed by atoms with Crippen LogP contribution in [0.15, 0.2) is 28.7 Å². The van der Waals surface area contributed by atoms with E-state index in [9.17, 15) is 0 Å². The summed E-state index contributed by atoms with van der Waals surface area (Å²) in [5.74, 6) is 1.11. The van der Waals surface area contributed by atoms with E-state index in [1.165, 1.54) is 23.8 Å². The molecule has 1 atom stereocenters. The zero-order valence-corrected chi connectivity index (χ0v) is 12.3. The Morgan fingerprint density at radius 1 is 1.21 bits per heavy atom. The van der Waals surface area contributed by atoms with Gasteiger partial charge in [0, 0.05) is 17.8 Å². The maximum atomic E-state index is 5.89. The van der Waals surface area contributed by atoms with Gasteiger partial charge in [0.1, 0.15) is 11.3 Å². The Morgan fingerprint density at radius 2 is 2.05 bits per heavy atom. The third kappa shape index (κ3) is 3.84. The Morgan fingerprint density at radius 3 is 2.79 bits per heavy atom. The number of rotatable bonds is 7. The van der Waals surface area contributed by atoms with E-state index in [1.807, 2.05) is 0 Å². The number of furan rings is 1. The third-order valence-corrected chi connectivity index (χ3v) is 3.64. The molecule has 1 aromatic carbocycles. The summed E-state index contributed by atoms with van der Waals surface area (Å²) in [6.07, 6.45) is 4.54. The highest BCUT2D eigenvalue weighted by atomic mass is 16.3. The van der Waals surface area contributed by atoms with Gasteiger partial charge < -0.3 is 9.73 Å². The molecule has 0 aliphatic carbocycles. The fourth-order valence-electron chi connectivity index (χ4n) is 2.46. The van der Waals surface area contributed by atoms with E-state index in [0.29, 0.717) is 6.04 Å². The van der Waals surface area contributed by atoms with Gasteiger partial charge >= 0.3 is 0 Å². The molecular formula is C17H25NO. The predicted molar refractivity (Wildman–Crippen MR) is 81.6 cm³/mol. The van der Waals surface area contributed by atoms with Crippen molar-refractivity contribution in [3.05, 3.63) is 35.6 Å². The average molecular weight is 259 g/mol. The van der Waals surface area contributed by atoms with Crippen LogP contribution < -0.4 is 5.32 Å². The fraction of sp³-hybridized carbons (Fsp3) is 0.529. The molecular weight excluding hydrogens is 234 g/mol. The van der Waals surface area contributed by atoms with Gasteiger partial charge in [-0.15, -0.1) is 0 Å². The highest BCUT2D eigenvalue weighted by Crippen LogP contribution is 2.22. The third-order valence-electron chi connectivity index (χ3n) is 3.64. The topological polar surface area (TPSA) is 25.2 Å². The van der Waals surface area contributed by atoms with Crippen molar-refractivity contribution in [3.63, 3.8) is 0 Å². The number of hydrogen-bond donors (Lipinski definition) is 1. The number of nitrogens with one attached hydrogen (secondary N) is 1. The van der Waals surface area contributed by atoms with Gasteiger partial charge in [-0.3, -0.25) is 0 Å². The van der Waals surface area contributed by atoms with Gasteiger partial charge in [-0.1, -0.05) is 25.5 Å². The van der Waals surface area contributed by atoms with E-state index in [-0.39, 0.29) is 0 Å². The number of benzene rings is 1. The quantitative estimate of drug-likeness (QED) is 0.794. The zero-order valence-electron chi connectivity index (χ0n) is 12.3. The zero-order chi connectivity index (χ0) is 13.7. The summed E-state index contributed by atoms with van der Waals surface area (Å²) in [6, 6.07) is 9.16. The molecule has 2 heteroatoms. The van der Waals surface area contributed by atoms with Gasteiger partial charge in [-0.05, 0) is 50.9 Å². The van der Waals surface area contributed by atoms with Crippen molar-refractivity contribution in [2.75, 3.05) is 6.54 Å². The molecule has 1 aromatic heterocycles. The van der Waals surface area contributed by atoms with Crippen LogP contribution in [-0.4, -0.2) is 12.6 Å². The first-order valence-electron chi connectivity index (χ1n) is 7.45. The van der Waals surface area contributed by atoms with Crippen molar-refractivity contribution in [3.8, 4) is 0 Å². The van der Waals surface area contributed by atoms with Gasteiger partial charge in [-0.2, -0.15) is 0 Å². The van der Waals surface area contributed by atoms with Crippen molar-refractivity contribution < 1.29 is 4.42 Å². The molecule has 0 amide bonds. The second kappa shape index (κ2) is 6.76. The molecule has 19 heavy (non-hydrogen) atoms. The van der Waals surface area contributed by atoms with Crippen molar-refractivity contribution in [1.82, 2.24) is 5.32 Å². The lowest BCUT2D eigenvalue weighted by Crippen LogP contribution is -2.29. The number of fused-ring (bicyclic) bond motifs is 1. The second-order valence-corrected chi connectivity index (χ2v) is 5.35. The molecule has 1 unspecified atom stereocenters. The van der Waals surface area contributed by atoms with Crippen molar-refractivity contribution in [2.24, 2.45) is 0 Å². The molecule has 1 heterocycles. The Hall–Kier alpha value is -1.28. The van der Waals surface area contributed by atoms with Gasteiger partial charge in [0.25, 0.3) is 0 Å². The van der Waals surface area contributed by atoms with Crippen molar-refractivity contribution >= 4 is 11.0 Å². The first-order valence-corrected chi connectivity index (χ1v) is 7.45. The first-order chi connectivity index (χ1) is 9.22. The molecule has 1 N–H and O–H groups in total. The van der Waals surface area contributed by atoms with Crippen LogP contribution >= 0.6 is 0 Å². The summed E-state index contributed by atoms with van der Waals surface area (Å²) in [5.41, 5.74) is 2.30. The van der Waals surface area contributed by atoms with E-state index in [1.54, 1.807) is 0 Å². The molecule has 2 nitrogen and oxygen atoms in total. The van der Waals surface area contributed by atoms with Crippen LogP contribution in [0.2, 0.25) is 0 Å². The molecule has 0 aliphatic heterocycles. The van der Waals surface area contributed by atoms with Gasteiger partial charge in [0.05, 0.1) is 0 Å². The number of aryl methyl sites for hydroxylation is 2. The highest BCUT2D eigenvalue weighted by molar-refractivity contribution is 5.78. The Labute approximate surface area is 116 Å². The van der Waals surface area contributed by atoms with Crippen LogP contribution in [0.1, 0.15) is 44.4 Å². The van der Waals surface area contributed by atoms with Crippen LogP contribution in [0.4, 0.5) is 0 Å². The van der Waals surface area contributed by atoms with E-state index < -0.39 is 0 Å². The highest BCUT2D eigenvalue weighted by Gasteiger charge is 2.08. The van der Waals surface area contributed by atoms with E-state index >= 15 is 0 Å². The number of hydrogen-bond acceptors (Lipinski definition) is 2. The minimum absolute atomic E-state index is 0.606. The van der Waals surface area contributed by atoms with Gasteiger partial charge in [-0.25, -0.2) is 0 Å². The molecule has 0 saturated heterocycles. The summed E-state index contributed by atoms with van der Waals surface area (Å²) >= 11 is 0. The average Bonchev–Trinajstić information content (AvgIpc) is 2.81. The predicted octanol–water partition coefficient (Wildman–Crippen LogP) is 4.45. The fourth-order valence-corrected chi connectivity index (χ4v) is 2.46.